The van der Waals surface area contributed by atoms with Crippen molar-refractivity contribution in [2.45, 2.75) is 38.8 Å². The van der Waals surface area contributed by atoms with Crippen LogP contribution < -0.4 is 5.73 Å². The first-order valence-corrected chi connectivity index (χ1v) is 5.22. The van der Waals surface area contributed by atoms with Crippen LogP contribution in [0.15, 0.2) is 6.20 Å². The predicted molar refractivity (Wildman–Crippen MR) is 58.3 cm³/mol. The van der Waals surface area contributed by atoms with Gasteiger partial charge in [-0.2, -0.15) is 0 Å². The molecule has 0 aliphatic rings. The number of rotatable bonds is 6. The lowest BCUT2D eigenvalue weighted by Crippen LogP contribution is -2.29. The van der Waals surface area contributed by atoms with E-state index in [9.17, 15) is 0 Å². The van der Waals surface area contributed by atoms with Crippen LogP contribution in [0, 0.1) is 0 Å². The van der Waals surface area contributed by atoms with Gasteiger partial charge in [0.1, 0.15) is 5.69 Å². The van der Waals surface area contributed by atoms with Crippen LogP contribution in [-0.4, -0.2) is 28.7 Å². The highest BCUT2D eigenvalue weighted by Crippen LogP contribution is 2.12. The van der Waals surface area contributed by atoms with Gasteiger partial charge in [-0.05, 0) is 26.7 Å². The molecule has 86 valence electrons. The fraction of sp³-hybridized carbons (Fsp3) is 0.800. The van der Waals surface area contributed by atoms with Crippen LogP contribution in [0.25, 0.3) is 0 Å². The zero-order chi connectivity index (χ0) is 11.3. The molecule has 0 amide bonds. The molecule has 15 heavy (non-hydrogen) atoms. The summed E-state index contributed by atoms with van der Waals surface area (Å²) in [6.07, 6.45) is 3.99. The SMILES string of the molecule is COCCCCn1cc(C(C)(C)N)nn1. The minimum atomic E-state index is -0.412. The van der Waals surface area contributed by atoms with Crippen molar-refractivity contribution in [1.29, 1.82) is 0 Å². The molecular weight excluding hydrogens is 192 g/mol. The molecule has 0 atom stereocenters. The Bertz CT molecular complexity index is 290. The lowest BCUT2D eigenvalue weighted by molar-refractivity contribution is 0.191. The van der Waals surface area contributed by atoms with Gasteiger partial charge < -0.3 is 10.5 Å². The highest BCUT2D eigenvalue weighted by molar-refractivity contribution is 5.05. The van der Waals surface area contributed by atoms with Crippen molar-refractivity contribution in [3.8, 4) is 0 Å². The minimum absolute atomic E-state index is 0.412. The third kappa shape index (κ3) is 3.97. The Morgan fingerprint density at radius 3 is 2.73 bits per heavy atom. The highest BCUT2D eigenvalue weighted by atomic mass is 16.5. The third-order valence-electron chi connectivity index (χ3n) is 2.18. The molecule has 0 radical (unpaired) electrons. The fourth-order valence-corrected chi connectivity index (χ4v) is 1.22. The number of ether oxygens (including phenoxy) is 1. The number of hydrogen-bond donors (Lipinski definition) is 1. The van der Waals surface area contributed by atoms with Gasteiger partial charge in [-0.25, -0.2) is 0 Å². The molecule has 0 unspecified atom stereocenters. The number of unbranched alkanes of at least 4 members (excludes halogenated alkanes) is 1. The third-order valence-corrected chi connectivity index (χ3v) is 2.18. The number of methoxy groups -OCH3 is 1. The quantitative estimate of drug-likeness (QED) is 0.711. The van der Waals surface area contributed by atoms with E-state index in [0.717, 1.165) is 31.7 Å². The van der Waals surface area contributed by atoms with Crippen LogP contribution >= 0.6 is 0 Å². The summed E-state index contributed by atoms with van der Waals surface area (Å²) in [6.45, 7) is 5.51. The number of nitrogens with zero attached hydrogens (tertiary/aromatic N) is 3. The summed E-state index contributed by atoms with van der Waals surface area (Å²) in [7, 11) is 1.71. The number of aryl methyl sites for hydroxylation is 1. The Hall–Kier alpha value is -0.940. The average molecular weight is 212 g/mol. The van der Waals surface area contributed by atoms with Crippen molar-refractivity contribution in [1.82, 2.24) is 15.0 Å². The summed E-state index contributed by atoms with van der Waals surface area (Å²) < 4.78 is 6.81. The van der Waals surface area contributed by atoms with E-state index < -0.39 is 5.54 Å². The first-order chi connectivity index (χ1) is 7.04. The zero-order valence-electron chi connectivity index (χ0n) is 9.73. The smallest absolute Gasteiger partial charge is 0.102 e. The molecule has 2 N–H and O–H groups in total. The molecule has 0 saturated heterocycles. The second kappa shape index (κ2) is 5.23. The van der Waals surface area contributed by atoms with E-state index in [-0.39, 0.29) is 0 Å². The van der Waals surface area contributed by atoms with Gasteiger partial charge in [-0.15, -0.1) is 5.10 Å². The van der Waals surface area contributed by atoms with E-state index in [1.165, 1.54) is 0 Å². The van der Waals surface area contributed by atoms with E-state index in [2.05, 4.69) is 10.3 Å². The lowest BCUT2D eigenvalue weighted by Gasteiger charge is -2.13. The maximum Gasteiger partial charge on any atom is 0.102 e. The highest BCUT2D eigenvalue weighted by Gasteiger charge is 2.17. The molecule has 0 aliphatic heterocycles. The van der Waals surface area contributed by atoms with Crippen LogP contribution in [0.3, 0.4) is 0 Å². The lowest BCUT2D eigenvalue weighted by atomic mass is 10.0. The summed E-state index contributed by atoms with van der Waals surface area (Å²) in [6, 6.07) is 0. The van der Waals surface area contributed by atoms with E-state index in [1.807, 2.05) is 24.7 Å². The Kier molecular flexibility index (Phi) is 4.23. The van der Waals surface area contributed by atoms with E-state index in [4.69, 9.17) is 10.5 Å². The fourth-order valence-electron chi connectivity index (χ4n) is 1.22. The van der Waals surface area contributed by atoms with Gasteiger partial charge in [0.15, 0.2) is 0 Å². The monoisotopic (exact) mass is 212 g/mol. The van der Waals surface area contributed by atoms with Crippen molar-refractivity contribution < 1.29 is 4.74 Å². The second-order valence-corrected chi connectivity index (χ2v) is 4.29. The molecule has 0 saturated carbocycles. The summed E-state index contributed by atoms with van der Waals surface area (Å²) in [5, 5.41) is 8.07. The largest absolute Gasteiger partial charge is 0.385 e. The molecule has 5 nitrogen and oxygen atoms in total. The first-order valence-electron chi connectivity index (χ1n) is 5.22. The number of hydrogen-bond acceptors (Lipinski definition) is 4. The molecule has 0 bridgehead atoms. The van der Waals surface area contributed by atoms with Gasteiger partial charge in [0.2, 0.25) is 0 Å². The van der Waals surface area contributed by atoms with Crippen LogP contribution in [0.4, 0.5) is 0 Å². The van der Waals surface area contributed by atoms with E-state index in [0.29, 0.717) is 0 Å². The van der Waals surface area contributed by atoms with Gasteiger partial charge in [0, 0.05) is 20.3 Å². The maximum atomic E-state index is 5.91. The van der Waals surface area contributed by atoms with Crippen molar-refractivity contribution in [2.24, 2.45) is 5.73 Å². The summed E-state index contributed by atoms with van der Waals surface area (Å²) in [5.41, 5.74) is 6.33. The van der Waals surface area contributed by atoms with Crippen LogP contribution in [0.5, 0.6) is 0 Å². The molecule has 1 aromatic rings. The first kappa shape index (κ1) is 12.1. The van der Waals surface area contributed by atoms with E-state index >= 15 is 0 Å². The van der Waals surface area contributed by atoms with Gasteiger partial charge in [0.05, 0.1) is 11.7 Å². The molecule has 0 aliphatic carbocycles. The van der Waals surface area contributed by atoms with Crippen molar-refractivity contribution in [3.63, 3.8) is 0 Å². The minimum Gasteiger partial charge on any atom is -0.385 e. The van der Waals surface area contributed by atoms with E-state index in [1.54, 1.807) is 7.11 Å². The van der Waals surface area contributed by atoms with Crippen molar-refractivity contribution >= 4 is 0 Å². The second-order valence-electron chi connectivity index (χ2n) is 4.29. The molecule has 0 spiro atoms. The standard InChI is InChI=1S/C10H20N4O/c1-10(2,11)9-8-14(13-12-9)6-4-5-7-15-3/h8H,4-7,11H2,1-3H3. The molecule has 1 aromatic heterocycles. The molecule has 0 fully saturated rings. The van der Waals surface area contributed by atoms with Crippen molar-refractivity contribution in [2.75, 3.05) is 13.7 Å². The topological polar surface area (TPSA) is 66.0 Å². The number of nitrogens with two attached hydrogens (primary N) is 1. The molecule has 1 rings (SSSR count). The average Bonchev–Trinajstić information content (AvgIpc) is 2.60. The Balaban J connectivity index is 2.40. The molecule has 1 heterocycles. The van der Waals surface area contributed by atoms with Gasteiger partial charge in [-0.3, -0.25) is 4.68 Å². The van der Waals surface area contributed by atoms with Crippen LogP contribution in [0.1, 0.15) is 32.4 Å². The Labute approximate surface area is 90.6 Å². The Morgan fingerprint density at radius 1 is 1.47 bits per heavy atom. The number of aromatic nitrogens is 3. The molecular formula is C10H20N4O. The normalized spacial score (nSPS) is 12.0. The van der Waals surface area contributed by atoms with Gasteiger partial charge in [0.25, 0.3) is 0 Å². The summed E-state index contributed by atoms with van der Waals surface area (Å²) in [4.78, 5) is 0. The predicted octanol–water partition coefficient (Wildman–Crippen LogP) is 0.898. The van der Waals surface area contributed by atoms with Crippen LogP contribution in [0.2, 0.25) is 0 Å². The Morgan fingerprint density at radius 2 is 2.20 bits per heavy atom. The van der Waals surface area contributed by atoms with Gasteiger partial charge in [-0.1, -0.05) is 5.21 Å². The molecule has 5 heteroatoms. The summed E-state index contributed by atoms with van der Waals surface area (Å²) in [5.74, 6) is 0. The maximum absolute atomic E-state index is 5.91. The summed E-state index contributed by atoms with van der Waals surface area (Å²) >= 11 is 0. The molecule has 0 aromatic carbocycles. The van der Waals surface area contributed by atoms with Crippen molar-refractivity contribution in [3.05, 3.63) is 11.9 Å². The zero-order valence-corrected chi connectivity index (χ0v) is 9.73. The van der Waals surface area contributed by atoms with Gasteiger partial charge >= 0.3 is 0 Å². The van der Waals surface area contributed by atoms with Crippen LogP contribution in [-0.2, 0) is 16.8 Å².